The second-order valence-corrected chi connectivity index (χ2v) is 5.69. The largest absolute Gasteiger partial charge is 0.356 e. The Hall–Kier alpha value is -1.38. The van der Waals surface area contributed by atoms with Crippen molar-refractivity contribution >= 4 is 35.8 Å². The van der Waals surface area contributed by atoms with E-state index >= 15 is 0 Å². The highest BCUT2D eigenvalue weighted by molar-refractivity contribution is 14.0. The lowest BCUT2D eigenvalue weighted by Crippen LogP contribution is -2.42. The van der Waals surface area contributed by atoms with Crippen molar-refractivity contribution in [2.45, 2.75) is 27.2 Å². The zero-order chi connectivity index (χ0) is 17.2. The van der Waals surface area contributed by atoms with Crippen molar-refractivity contribution in [1.29, 1.82) is 0 Å². The van der Waals surface area contributed by atoms with Crippen molar-refractivity contribution < 1.29 is 9.18 Å². The van der Waals surface area contributed by atoms with Crippen molar-refractivity contribution in [2.75, 3.05) is 26.7 Å². The van der Waals surface area contributed by atoms with Crippen LogP contribution < -0.4 is 16.0 Å². The lowest BCUT2D eigenvalue weighted by molar-refractivity contribution is -0.123. The van der Waals surface area contributed by atoms with Crippen molar-refractivity contribution in [3.63, 3.8) is 0 Å². The number of aliphatic imine (C=N–C) groups is 1. The van der Waals surface area contributed by atoms with E-state index in [9.17, 15) is 9.18 Å². The average Bonchev–Trinajstić information content (AvgIpc) is 2.51. The maximum Gasteiger partial charge on any atom is 0.222 e. The Labute approximate surface area is 160 Å². The summed E-state index contributed by atoms with van der Waals surface area (Å²) in [4.78, 5) is 15.6. The number of halogens is 2. The predicted octanol–water partition coefficient (Wildman–Crippen LogP) is 2.23. The highest BCUT2D eigenvalue weighted by Gasteiger charge is 2.05. The van der Waals surface area contributed by atoms with Gasteiger partial charge < -0.3 is 16.0 Å². The molecule has 136 valence electrons. The molecule has 1 rings (SSSR count). The zero-order valence-electron chi connectivity index (χ0n) is 14.8. The summed E-state index contributed by atoms with van der Waals surface area (Å²) in [5.41, 5.74) is 2.06. The summed E-state index contributed by atoms with van der Waals surface area (Å²) in [7, 11) is 1.70. The van der Waals surface area contributed by atoms with Crippen LogP contribution in [0.3, 0.4) is 0 Å². The van der Waals surface area contributed by atoms with E-state index in [2.05, 4.69) is 20.9 Å². The normalized spacial score (nSPS) is 11.0. The lowest BCUT2D eigenvalue weighted by Gasteiger charge is -2.13. The summed E-state index contributed by atoms with van der Waals surface area (Å²) in [5, 5.41) is 9.18. The molecule has 1 aromatic carbocycles. The summed E-state index contributed by atoms with van der Waals surface area (Å²) in [5.74, 6) is 0.511. The second-order valence-electron chi connectivity index (χ2n) is 5.69. The van der Waals surface area contributed by atoms with Gasteiger partial charge in [0.1, 0.15) is 5.82 Å². The first kappa shape index (κ1) is 22.6. The van der Waals surface area contributed by atoms with Crippen LogP contribution in [0.4, 0.5) is 4.39 Å². The van der Waals surface area contributed by atoms with E-state index in [0.717, 1.165) is 17.5 Å². The number of benzene rings is 1. The van der Waals surface area contributed by atoms with Crippen LogP contribution in [0.25, 0.3) is 0 Å². The standard InChI is InChI=1S/C17H27FN4O.HI/c1-12(2)16(23)20-9-10-22-17(19-4)21-8-7-14-5-6-15(18)11-13(14)3;/h5-6,11-12H,7-10H2,1-4H3,(H,20,23)(H2,19,21,22);1H. The van der Waals surface area contributed by atoms with Crippen LogP contribution in [0.5, 0.6) is 0 Å². The van der Waals surface area contributed by atoms with Gasteiger partial charge >= 0.3 is 0 Å². The van der Waals surface area contributed by atoms with Gasteiger partial charge in [0.15, 0.2) is 5.96 Å². The number of hydrogen-bond acceptors (Lipinski definition) is 2. The van der Waals surface area contributed by atoms with Crippen molar-refractivity contribution in [3.8, 4) is 0 Å². The Balaban J connectivity index is 0.00000529. The first-order valence-corrected chi connectivity index (χ1v) is 7.91. The number of guanidine groups is 1. The molecule has 0 saturated carbocycles. The Morgan fingerprint density at radius 2 is 1.79 bits per heavy atom. The van der Waals surface area contributed by atoms with Crippen LogP contribution in [-0.2, 0) is 11.2 Å². The highest BCUT2D eigenvalue weighted by atomic mass is 127. The van der Waals surface area contributed by atoms with Gasteiger partial charge in [0.2, 0.25) is 5.91 Å². The van der Waals surface area contributed by atoms with Crippen LogP contribution in [0, 0.1) is 18.7 Å². The van der Waals surface area contributed by atoms with E-state index < -0.39 is 0 Å². The highest BCUT2D eigenvalue weighted by Crippen LogP contribution is 2.10. The Morgan fingerprint density at radius 3 is 2.38 bits per heavy atom. The molecule has 0 unspecified atom stereocenters. The van der Waals surface area contributed by atoms with Crippen LogP contribution in [0.2, 0.25) is 0 Å². The van der Waals surface area contributed by atoms with Gasteiger partial charge in [-0.25, -0.2) is 4.39 Å². The number of carbonyl (C=O) groups is 1. The molecule has 0 heterocycles. The minimum atomic E-state index is -0.208. The van der Waals surface area contributed by atoms with E-state index in [1.807, 2.05) is 26.8 Å². The molecule has 0 radical (unpaired) electrons. The van der Waals surface area contributed by atoms with Crippen molar-refractivity contribution in [3.05, 3.63) is 35.1 Å². The smallest absolute Gasteiger partial charge is 0.222 e. The molecule has 0 aromatic heterocycles. The lowest BCUT2D eigenvalue weighted by atomic mass is 10.1. The third-order valence-electron chi connectivity index (χ3n) is 3.46. The van der Waals surface area contributed by atoms with E-state index in [4.69, 9.17) is 0 Å². The molecule has 3 N–H and O–H groups in total. The van der Waals surface area contributed by atoms with Gasteiger partial charge in [-0.3, -0.25) is 9.79 Å². The topological polar surface area (TPSA) is 65.5 Å². The minimum Gasteiger partial charge on any atom is -0.356 e. The Bertz CT molecular complexity index is 549. The minimum absolute atomic E-state index is 0. The molecule has 0 aliphatic rings. The molecule has 0 fully saturated rings. The SMILES string of the molecule is CN=C(NCCNC(=O)C(C)C)NCCc1ccc(F)cc1C.I. The van der Waals surface area contributed by atoms with E-state index in [-0.39, 0.29) is 41.6 Å². The number of nitrogens with one attached hydrogen (secondary N) is 3. The predicted molar refractivity (Wildman–Crippen MR) is 107 cm³/mol. The summed E-state index contributed by atoms with van der Waals surface area (Å²) in [6.45, 7) is 7.48. The Morgan fingerprint density at radius 1 is 1.17 bits per heavy atom. The fourth-order valence-corrected chi connectivity index (χ4v) is 2.05. The molecule has 0 aliphatic carbocycles. The van der Waals surface area contributed by atoms with Gasteiger partial charge in [-0.1, -0.05) is 19.9 Å². The third-order valence-corrected chi connectivity index (χ3v) is 3.46. The first-order valence-electron chi connectivity index (χ1n) is 7.91. The molecular weight excluding hydrogens is 422 g/mol. The van der Waals surface area contributed by atoms with Crippen LogP contribution in [-0.4, -0.2) is 38.5 Å². The molecule has 1 aromatic rings. The average molecular weight is 450 g/mol. The maximum absolute atomic E-state index is 13.1. The molecule has 0 bridgehead atoms. The number of nitrogens with zero attached hydrogens (tertiary/aromatic N) is 1. The summed E-state index contributed by atoms with van der Waals surface area (Å²) >= 11 is 0. The third kappa shape index (κ3) is 8.47. The fourth-order valence-electron chi connectivity index (χ4n) is 2.05. The van der Waals surface area contributed by atoms with Gasteiger partial charge in [0, 0.05) is 32.6 Å². The fraction of sp³-hybridized carbons (Fsp3) is 0.529. The second kappa shape index (κ2) is 12.0. The van der Waals surface area contributed by atoms with E-state index in [1.54, 1.807) is 13.1 Å². The van der Waals surface area contributed by atoms with Crippen LogP contribution >= 0.6 is 24.0 Å². The molecule has 24 heavy (non-hydrogen) atoms. The van der Waals surface area contributed by atoms with Gasteiger partial charge in [0.25, 0.3) is 0 Å². The molecule has 7 heteroatoms. The van der Waals surface area contributed by atoms with Crippen LogP contribution in [0.1, 0.15) is 25.0 Å². The molecule has 0 spiro atoms. The zero-order valence-corrected chi connectivity index (χ0v) is 17.1. The van der Waals surface area contributed by atoms with E-state index in [1.165, 1.54) is 6.07 Å². The molecule has 0 aliphatic heterocycles. The molecule has 0 saturated heterocycles. The molecular formula is C17H28FIN4O. The van der Waals surface area contributed by atoms with Gasteiger partial charge in [-0.2, -0.15) is 0 Å². The van der Waals surface area contributed by atoms with Crippen molar-refractivity contribution in [1.82, 2.24) is 16.0 Å². The van der Waals surface area contributed by atoms with Crippen LogP contribution in [0.15, 0.2) is 23.2 Å². The number of aryl methyl sites for hydroxylation is 1. The number of amides is 1. The van der Waals surface area contributed by atoms with Gasteiger partial charge in [-0.05, 0) is 36.6 Å². The summed E-state index contributed by atoms with van der Waals surface area (Å²) in [6.07, 6.45) is 0.789. The quantitative estimate of drug-likeness (QED) is 0.259. The van der Waals surface area contributed by atoms with Gasteiger partial charge in [-0.15, -0.1) is 24.0 Å². The van der Waals surface area contributed by atoms with Crippen molar-refractivity contribution in [2.24, 2.45) is 10.9 Å². The molecule has 5 nitrogen and oxygen atoms in total. The number of rotatable bonds is 7. The first-order chi connectivity index (χ1) is 10.9. The molecule has 1 amide bonds. The Kier molecular flexibility index (Phi) is 11.4. The maximum atomic E-state index is 13.1. The summed E-state index contributed by atoms with van der Waals surface area (Å²) < 4.78 is 13.1. The number of carbonyl (C=O) groups excluding carboxylic acids is 1. The molecule has 0 atom stereocenters. The monoisotopic (exact) mass is 450 g/mol. The number of hydrogen-bond donors (Lipinski definition) is 3. The summed E-state index contributed by atoms with van der Waals surface area (Å²) in [6, 6.07) is 4.83. The van der Waals surface area contributed by atoms with E-state index in [0.29, 0.717) is 25.6 Å². The van der Waals surface area contributed by atoms with Gasteiger partial charge in [0.05, 0.1) is 0 Å².